The van der Waals surface area contributed by atoms with Crippen LogP contribution in [-0.2, 0) is 0 Å². The van der Waals surface area contributed by atoms with E-state index < -0.39 is 11.1 Å². The van der Waals surface area contributed by atoms with Crippen LogP contribution in [0.15, 0.2) is 69.8 Å². The fourth-order valence-corrected chi connectivity index (χ4v) is 5.61. The Bertz CT molecular complexity index is 1360. The molecule has 2 amide bonds. The van der Waals surface area contributed by atoms with Gasteiger partial charge in [0.15, 0.2) is 0 Å². The lowest BCUT2D eigenvalue weighted by Crippen LogP contribution is -2.46. The third kappa shape index (κ3) is 4.63. The first-order valence-electron chi connectivity index (χ1n) is 11.9. The van der Waals surface area contributed by atoms with Gasteiger partial charge in [-0.05, 0) is 80.6 Å². The molecular formula is C27H22Cl2N4O4. The lowest BCUT2D eigenvalue weighted by molar-refractivity contribution is 0.0865. The van der Waals surface area contributed by atoms with E-state index in [1.54, 1.807) is 48.5 Å². The van der Waals surface area contributed by atoms with Crippen LogP contribution in [0.3, 0.4) is 0 Å². The van der Waals surface area contributed by atoms with E-state index in [4.69, 9.17) is 32.0 Å². The van der Waals surface area contributed by atoms with Crippen molar-refractivity contribution in [2.24, 2.45) is 0 Å². The molecule has 0 atom stereocenters. The minimum Gasteiger partial charge on any atom is -0.431 e. The highest BCUT2D eigenvalue weighted by Crippen LogP contribution is 2.50. The number of oxazole rings is 2. The molecule has 0 unspecified atom stereocenters. The van der Waals surface area contributed by atoms with Gasteiger partial charge in [-0.25, -0.2) is 9.97 Å². The molecule has 2 aromatic carbocycles. The van der Waals surface area contributed by atoms with Crippen LogP contribution in [0.5, 0.6) is 0 Å². The molecule has 2 fully saturated rings. The van der Waals surface area contributed by atoms with Crippen LogP contribution in [0.2, 0.25) is 10.0 Å². The lowest BCUT2D eigenvalue weighted by atomic mass is 9.91. The number of fused-ring (bicyclic) bond motifs is 2. The first-order chi connectivity index (χ1) is 17.8. The largest absolute Gasteiger partial charge is 0.431 e. The molecule has 6 rings (SSSR count). The van der Waals surface area contributed by atoms with Gasteiger partial charge in [0.05, 0.1) is 12.4 Å². The smallest absolute Gasteiger partial charge is 0.289 e. The molecule has 37 heavy (non-hydrogen) atoms. The first-order valence-corrected chi connectivity index (χ1v) is 12.7. The summed E-state index contributed by atoms with van der Waals surface area (Å²) < 4.78 is 11.4. The van der Waals surface area contributed by atoms with Crippen LogP contribution in [0.1, 0.15) is 53.2 Å². The van der Waals surface area contributed by atoms with Crippen LogP contribution in [-0.4, -0.2) is 32.9 Å². The Kier molecular flexibility index (Phi) is 5.81. The van der Waals surface area contributed by atoms with E-state index in [1.165, 1.54) is 12.4 Å². The van der Waals surface area contributed by atoms with Crippen molar-refractivity contribution < 1.29 is 18.4 Å². The molecule has 2 aliphatic rings. The molecule has 2 N–H and O–H groups in total. The van der Waals surface area contributed by atoms with E-state index in [-0.39, 0.29) is 23.3 Å². The Hall–Kier alpha value is -3.62. The average Bonchev–Trinajstić information content (AvgIpc) is 3.68. The quantitative estimate of drug-likeness (QED) is 0.316. The van der Waals surface area contributed by atoms with Crippen molar-refractivity contribution in [3.8, 4) is 22.9 Å². The number of aromatic nitrogens is 2. The summed E-state index contributed by atoms with van der Waals surface area (Å²) in [5.41, 5.74) is 0.648. The minimum absolute atomic E-state index is 0.143. The summed E-state index contributed by atoms with van der Waals surface area (Å²) in [5, 5.41) is 7.51. The molecule has 188 valence electrons. The summed E-state index contributed by atoms with van der Waals surface area (Å²) in [6.45, 7) is 0. The van der Waals surface area contributed by atoms with Crippen LogP contribution in [0, 0.1) is 0 Å². The maximum absolute atomic E-state index is 13.0. The van der Waals surface area contributed by atoms with Crippen LogP contribution in [0.4, 0.5) is 0 Å². The minimum atomic E-state index is -0.409. The number of nitrogens with zero attached hydrogens (tertiary/aromatic N) is 2. The Morgan fingerprint density at radius 1 is 0.676 bits per heavy atom. The molecule has 0 spiro atoms. The number of carbonyl (C=O) groups excluding carboxylic acids is 2. The van der Waals surface area contributed by atoms with Crippen molar-refractivity contribution in [2.75, 3.05) is 0 Å². The molecule has 10 heteroatoms. The van der Waals surface area contributed by atoms with Gasteiger partial charge in [-0.1, -0.05) is 23.2 Å². The summed E-state index contributed by atoms with van der Waals surface area (Å²) in [7, 11) is 0. The highest BCUT2D eigenvalue weighted by atomic mass is 35.5. The molecule has 2 aromatic heterocycles. The number of hydrogen-bond acceptors (Lipinski definition) is 6. The highest BCUT2D eigenvalue weighted by molar-refractivity contribution is 6.30. The predicted octanol–water partition coefficient (Wildman–Crippen LogP) is 5.92. The first kappa shape index (κ1) is 23.8. The molecular weight excluding hydrogens is 515 g/mol. The zero-order valence-electron chi connectivity index (χ0n) is 19.6. The number of hydrogen-bond donors (Lipinski definition) is 2. The molecule has 2 heterocycles. The van der Waals surface area contributed by atoms with Crippen molar-refractivity contribution >= 4 is 35.0 Å². The van der Waals surface area contributed by atoms with Gasteiger partial charge >= 0.3 is 0 Å². The maximum Gasteiger partial charge on any atom is 0.289 e. The van der Waals surface area contributed by atoms with Crippen molar-refractivity contribution in [1.82, 2.24) is 20.6 Å². The third-order valence-electron chi connectivity index (χ3n) is 7.24. The topological polar surface area (TPSA) is 110 Å². The molecule has 0 aliphatic heterocycles. The second kappa shape index (κ2) is 9.04. The maximum atomic E-state index is 13.0. The number of rotatable bonds is 6. The van der Waals surface area contributed by atoms with E-state index in [0.717, 1.165) is 36.8 Å². The standard InChI is InChI=1S/C27H22Cl2N4O4/c28-18-5-1-16(2-6-18)24-30-13-20(36-24)22(34)32-26-9-11-27(15-26,12-10-26)33-23(35)21-14-31-25(37-21)17-3-7-19(29)8-4-17/h1-8,13-14H,9-12,15H2,(H,32,34)(H,33,35). The van der Waals surface area contributed by atoms with Gasteiger partial charge < -0.3 is 19.5 Å². The Morgan fingerprint density at radius 3 is 1.43 bits per heavy atom. The number of carbonyl (C=O) groups is 2. The van der Waals surface area contributed by atoms with Gasteiger partial charge in [0, 0.05) is 32.3 Å². The summed E-state index contributed by atoms with van der Waals surface area (Å²) in [5.74, 6) is 0.347. The van der Waals surface area contributed by atoms with Gasteiger partial charge in [0.25, 0.3) is 11.8 Å². The molecule has 0 radical (unpaired) electrons. The normalized spacial score (nSPS) is 22.2. The van der Waals surface area contributed by atoms with Crippen molar-refractivity contribution in [1.29, 1.82) is 0 Å². The van der Waals surface area contributed by atoms with Crippen LogP contribution >= 0.6 is 23.2 Å². The number of halogens is 2. The van der Waals surface area contributed by atoms with Gasteiger partial charge in [-0.3, -0.25) is 9.59 Å². The number of nitrogens with one attached hydrogen (secondary N) is 2. The zero-order valence-corrected chi connectivity index (χ0v) is 21.1. The summed E-state index contributed by atoms with van der Waals surface area (Å²) in [6, 6.07) is 14.1. The van der Waals surface area contributed by atoms with Gasteiger partial charge in [-0.15, -0.1) is 0 Å². The fraction of sp³-hybridized carbons (Fsp3) is 0.259. The molecule has 2 bridgehead atoms. The van der Waals surface area contributed by atoms with E-state index in [9.17, 15) is 9.59 Å². The molecule has 8 nitrogen and oxygen atoms in total. The van der Waals surface area contributed by atoms with Crippen LogP contribution in [0.25, 0.3) is 22.9 Å². The summed E-state index contributed by atoms with van der Waals surface area (Å²) >= 11 is 11.9. The summed E-state index contributed by atoms with van der Waals surface area (Å²) in [6.07, 6.45) is 6.50. The van der Waals surface area contributed by atoms with E-state index >= 15 is 0 Å². The van der Waals surface area contributed by atoms with E-state index in [0.29, 0.717) is 28.2 Å². The molecule has 0 saturated heterocycles. The van der Waals surface area contributed by atoms with Crippen LogP contribution < -0.4 is 10.6 Å². The molecule has 2 aliphatic carbocycles. The van der Waals surface area contributed by atoms with E-state index in [1.807, 2.05) is 0 Å². The van der Waals surface area contributed by atoms with Gasteiger partial charge in [-0.2, -0.15) is 0 Å². The van der Waals surface area contributed by atoms with Gasteiger partial charge in [0.1, 0.15) is 0 Å². The average molecular weight is 537 g/mol. The third-order valence-corrected chi connectivity index (χ3v) is 7.74. The molecule has 4 aromatic rings. The fourth-order valence-electron chi connectivity index (χ4n) is 5.36. The Balaban J connectivity index is 1.10. The predicted molar refractivity (Wildman–Crippen MR) is 137 cm³/mol. The zero-order chi connectivity index (χ0) is 25.6. The number of amides is 2. The Labute approximate surface area is 222 Å². The second-order valence-electron chi connectivity index (χ2n) is 9.72. The number of benzene rings is 2. The lowest BCUT2D eigenvalue weighted by Gasteiger charge is -2.28. The van der Waals surface area contributed by atoms with Crippen molar-refractivity contribution in [3.05, 3.63) is 82.5 Å². The van der Waals surface area contributed by atoms with Crippen molar-refractivity contribution in [3.63, 3.8) is 0 Å². The monoisotopic (exact) mass is 536 g/mol. The SMILES string of the molecule is O=C(NC12CCC(NC(=O)c3cnc(-c4ccc(Cl)cc4)o3)(CC1)C2)c1cnc(-c2ccc(Cl)cc2)o1. The Morgan fingerprint density at radius 2 is 1.05 bits per heavy atom. The highest BCUT2D eigenvalue weighted by Gasteiger charge is 2.56. The van der Waals surface area contributed by atoms with Gasteiger partial charge in [0.2, 0.25) is 23.3 Å². The van der Waals surface area contributed by atoms with Crippen molar-refractivity contribution in [2.45, 2.75) is 43.2 Å². The summed E-state index contributed by atoms with van der Waals surface area (Å²) in [4.78, 5) is 34.5. The second-order valence-corrected chi connectivity index (χ2v) is 10.6. The molecule has 2 saturated carbocycles. The van der Waals surface area contributed by atoms with E-state index in [2.05, 4.69) is 20.6 Å².